The second-order valence-electron chi connectivity index (χ2n) is 8.19. The third-order valence-corrected chi connectivity index (χ3v) is 7.21. The molecule has 2 fully saturated rings. The largest absolute Gasteiger partial charge is 0.494 e. The zero-order valence-corrected chi connectivity index (χ0v) is 18.7. The molecule has 10 heteroatoms. The highest BCUT2D eigenvalue weighted by atomic mass is 35.5. The van der Waals surface area contributed by atoms with Crippen molar-refractivity contribution in [3.05, 3.63) is 45.9 Å². The van der Waals surface area contributed by atoms with Crippen LogP contribution < -0.4 is 15.4 Å². The van der Waals surface area contributed by atoms with Crippen LogP contribution in [0.25, 0.3) is 11.1 Å². The van der Waals surface area contributed by atoms with Gasteiger partial charge >= 0.3 is 0 Å². The van der Waals surface area contributed by atoms with Gasteiger partial charge in [-0.15, -0.1) is 10.2 Å². The zero-order valence-electron chi connectivity index (χ0n) is 17.1. The van der Waals surface area contributed by atoms with E-state index in [9.17, 15) is 4.79 Å². The van der Waals surface area contributed by atoms with Crippen LogP contribution >= 0.6 is 22.9 Å². The summed E-state index contributed by atoms with van der Waals surface area (Å²) in [7, 11) is 1.55. The van der Waals surface area contributed by atoms with Crippen molar-refractivity contribution in [2.45, 2.75) is 25.7 Å². The summed E-state index contributed by atoms with van der Waals surface area (Å²) >= 11 is 7.55. The van der Waals surface area contributed by atoms with Crippen LogP contribution in [-0.4, -0.2) is 46.3 Å². The molecule has 1 spiro atoms. The van der Waals surface area contributed by atoms with E-state index in [1.165, 1.54) is 17.5 Å². The average molecular weight is 457 g/mol. The van der Waals surface area contributed by atoms with Gasteiger partial charge in [0.15, 0.2) is 0 Å². The number of hydrogen-bond donors (Lipinski definition) is 2. The average Bonchev–Trinajstić information content (AvgIpc) is 3.13. The second-order valence-corrected chi connectivity index (χ2v) is 9.58. The number of amides is 1. The van der Waals surface area contributed by atoms with Crippen LogP contribution in [0, 0.1) is 12.3 Å². The Morgan fingerprint density at radius 1 is 1.23 bits per heavy atom. The number of aromatic nitrogens is 4. The van der Waals surface area contributed by atoms with Crippen molar-refractivity contribution in [1.82, 2.24) is 25.5 Å². The first-order valence-corrected chi connectivity index (χ1v) is 11.2. The number of ether oxygens (including phenoxy) is 1. The Morgan fingerprint density at radius 2 is 2.03 bits per heavy atom. The first-order valence-electron chi connectivity index (χ1n) is 9.98. The number of pyridine rings is 2. The number of carbonyl (C=O) groups excluding carboxylic acids is 1. The smallest absolute Gasteiger partial charge is 0.259 e. The Bertz CT molecular complexity index is 1150. The summed E-state index contributed by atoms with van der Waals surface area (Å²) in [4.78, 5) is 21.5. The number of rotatable bonds is 5. The first kappa shape index (κ1) is 20.3. The SMILES string of the molecule is COc1cnc(Cl)cc1-c1cc(C)ncc1C(=O)Nc1nnc(C2CC3(CNC3)C2)s1. The van der Waals surface area contributed by atoms with Gasteiger partial charge in [0.25, 0.3) is 5.91 Å². The number of nitrogens with one attached hydrogen (secondary N) is 2. The van der Waals surface area contributed by atoms with Crippen molar-refractivity contribution in [3.63, 3.8) is 0 Å². The van der Waals surface area contributed by atoms with E-state index in [1.807, 2.05) is 13.0 Å². The lowest BCUT2D eigenvalue weighted by molar-refractivity contribution is 0.0360. The molecule has 3 aromatic heterocycles. The van der Waals surface area contributed by atoms with Gasteiger partial charge in [0, 0.05) is 42.0 Å². The molecule has 2 N–H and O–H groups in total. The van der Waals surface area contributed by atoms with E-state index in [4.69, 9.17) is 16.3 Å². The number of hydrogen-bond acceptors (Lipinski definition) is 8. The highest BCUT2D eigenvalue weighted by Crippen LogP contribution is 2.53. The fraction of sp³-hybridized carbons (Fsp3) is 0.381. The van der Waals surface area contributed by atoms with Crippen LogP contribution in [0.5, 0.6) is 5.75 Å². The number of halogens is 1. The van der Waals surface area contributed by atoms with Crippen LogP contribution in [0.3, 0.4) is 0 Å². The molecule has 8 nitrogen and oxygen atoms in total. The minimum Gasteiger partial charge on any atom is -0.494 e. The molecule has 1 aliphatic carbocycles. The number of nitrogens with zero attached hydrogens (tertiary/aromatic N) is 4. The summed E-state index contributed by atoms with van der Waals surface area (Å²) in [5.74, 6) is 0.644. The van der Waals surface area contributed by atoms with Gasteiger partial charge in [0.1, 0.15) is 15.9 Å². The summed E-state index contributed by atoms with van der Waals surface area (Å²) in [6.07, 6.45) is 5.36. The number of anilines is 1. The maximum Gasteiger partial charge on any atom is 0.259 e. The second kappa shape index (κ2) is 7.81. The van der Waals surface area contributed by atoms with Gasteiger partial charge in [-0.1, -0.05) is 22.9 Å². The number of methoxy groups -OCH3 is 1. The first-order chi connectivity index (χ1) is 15.0. The van der Waals surface area contributed by atoms with E-state index >= 15 is 0 Å². The van der Waals surface area contributed by atoms with Gasteiger partial charge in [0.05, 0.1) is 18.9 Å². The molecule has 1 amide bonds. The maximum absolute atomic E-state index is 13.1. The van der Waals surface area contributed by atoms with Gasteiger partial charge in [-0.05, 0) is 37.3 Å². The summed E-state index contributed by atoms with van der Waals surface area (Å²) < 4.78 is 5.43. The molecule has 4 heterocycles. The lowest BCUT2D eigenvalue weighted by atomic mass is 9.59. The highest BCUT2D eigenvalue weighted by Gasteiger charge is 2.49. The third kappa shape index (κ3) is 3.77. The fourth-order valence-electron chi connectivity index (χ4n) is 4.30. The van der Waals surface area contributed by atoms with E-state index < -0.39 is 0 Å². The van der Waals surface area contributed by atoms with Crippen LogP contribution in [0.15, 0.2) is 24.5 Å². The quantitative estimate of drug-likeness (QED) is 0.564. The molecule has 3 aromatic rings. The summed E-state index contributed by atoms with van der Waals surface area (Å²) in [5.41, 5.74) is 2.96. The Labute approximate surface area is 188 Å². The van der Waals surface area contributed by atoms with Gasteiger partial charge in [-0.3, -0.25) is 15.1 Å². The van der Waals surface area contributed by atoms with Crippen LogP contribution in [0.4, 0.5) is 5.13 Å². The van der Waals surface area contributed by atoms with Crippen LogP contribution in [-0.2, 0) is 0 Å². The van der Waals surface area contributed by atoms with Crippen LogP contribution in [0.2, 0.25) is 5.15 Å². The topological polar surface area (TPSA) is 102 Å². The Morgan fingerprint density at radius 3 is 2.74 bits per heavy atom. The minimum atomic E-state index is -0.312. The van der Waals surface area contributed by atoms with E-state index in [0.717, 1.165) is 36.6 Å². The molecule has 0 aromatic carbocycles. The molecule has 0 bridgehead atoms. The van der Waals surface area contributed by atoms with Crippen LogP contribution in [0.1, 0.15) is 39.8 Å². The number of aryl methyl sites for hydroxylation is 1. The fourth-order valence-corrected chi connectivity index (χ4v) is 5.29. The molecule has 1 aliphatic heterocycles. The van der Waals surface area contributed by atoms with Gasteiger partial charge in [-0.2, -0.15) is 0 Å². The molecule has 1 saturated carbocycles. The van der Waals surface area contributed by atoms with Crippen molar-refractivity contribution in [2.75, 3.05) is 25.5 Å². The number of carbonyl (C=O) groups is 1. The van der Waals surface area contributed by atoms with Crippen molar-refractivity contribution in [3.8, 4) is 16.9 Å². The molecule has 0 radical (unpaired) electrons. The molecule has 160 valence electrons. The Kier molecular flexibility index (Phi) is 5.11. The van der Waals surface area contributed by atoms with Crippen molar-refractivity contribution < 1.29 is 9.53 Å². The predicted octanol–water partition coefficient (Wildman–Crippen LogP) is 3.68. The van der Waals surface area contributed by atoms with Crippen molar-refractivity contribution >= 4 is 34.0 Å². The van der Waals surface area contributed by atoms with Gasteiger partial charge < -0.3 is 10.1 Å². The highest BCUT2D eigenvalue weighted by molar-refractivity contribution is 7.15. The third-order valence-electron chi connectivity index (χ3n) is 6.00. The van der Waals surface area contributed by atoms with Crippen molar-refractivity contribution in [2.24, 2.45) is 5.41 Å². The normalized spacial score (nSPS) is 17.1. The molecule has 1 saturated heterocycles. The lowest BCUT2D eigenvalue weighted by Gasteiger charge is -2.53. The molecule has 31 heavy (non-hydrogen) atoms. The van der Waals surface area contributed by atoms with E-state index in [0.29, 0.717) is 44.1 Å². The van der Waals surface area contributed by atoms with E-state index in [1.54, 1.807) is 19.4 Å². The molecular formula is C21H21ClN6O2S. The van der Waals surface area contributed by atoms with Crippen molar-refractivity contribution in [1.29, 1.82) is 0 Å². The summed E-state index contributed by atoms with van der Waals surface area (Å²) in [5, 5.41) is 16.5. The predicted molar refractivity (Wildman–Crippen MR) is 119 cm³/mol. The van der Waals surface area contributed by atoms with E-state index in [-0.39, 0.29) is 5.91 Å². The zero-order chi connectivity index (χ0) is 21.6. The lowest BCUT2D eigenvalue weighted by Crippen LogP contribution is -2.59. The monoisotopic (exact) mass is 456 g/mol. The summed E-state index contributed by atoms with van der Waals surface area (Å²) in [6.45, 7) is 4.05. The van der Waals surface area contributed by atoms with Gasteiger partial charge in [-0.25, -0.2) is 4.98 Å². The molecule has 0 unspecified atom stereocenters. The molecule has 2 aliphatic rings. The van der Waals surface area contributed by atoms with Gasteiger partial charge in [0.2, 0.25) is 5.13 Å². The Hall–Kier alpha value is -2.62. The minimum absolute atomic E-state index is 0.310. The molecule has 5 rings (SSSR count). The Balaban J connectivity index is 1.39. The maximum atomic E-state index is 13.1. The summed E-state index contributed by atoms with van der Waals surface area (Å²) in [6, 6.07) is 3.51. The standard InChI is InChI=1S/C21H21ClN6O2S/c1-11-3-13(14-4-17(22)25-8-16(14)30-2)15(7-24-11)18(29)26-20-28-27-19(31-20)12-5-21(6-12)9-23-10-21/h3-4,7-8,12,23H,5-6,9-10H2,1-2H3,(H,26,28,29). The van der Waals surface area contributed by atoms with E-state index in [2.05, 4.69) is 30.8 Å². The molecular weight excluding hydrogens is 436 g/mol. The molecule has 0 atom stereocenters.